The summed E-state index contributed by atoms with van der Waals surface area (Å²) in [4.78, 5) is 13.2. The Morgan fingerprint density at radius 3 is 2.37 bits per heavy atom. The molecule has 4 rings (SSSR count). The first-order valence-corrected chi connectivity index (χ1v) is 13.0. The molecule has 0 saturated heterocycles. The number of carbonyl (C=O) groups is 1. The van der Waals surface area contributed by atoms with Crippen molar-refractivity contribution >= 4 is 33.2 Å². The first-order valence-electron chi connectivity index (χ1n) is 11.2. The fraction of sp³-hybridized carbons (Fsp3) is 0.269. The van der Waals surface area contributed by atoms with Gasteiger partial charge in [0.05, 0.1) is 16.6 Å². The van der Waals surface area contributed by atoms with E-state index in [2.05, 4.69) is 5.32 Å². The molecule has 3 aromatic carbocycles. The lowest BCUT2D eigenvalue weighted by atomic mass is 10.1. The molecule has 0 aliphatic carbocycles. The minimum absolute atomic E-state index is 0.102. The SMILES string of the molecule is Cc1ccc(S(=O)(=O)N(CC(=O)N[C@H](C)c2ccc3c(c2)OCCO3)c2ccc(Cl)cc2C)cc1. The molecule has 1 aliphatic heterocycles. The highest BCUT2D eigenvalue weighted by atomic mass is 35.5. The van der Waals surface area contributed by atoms with E-state index >= 15 is 0 Å². The summed E-state index contributed by atoms with van der Waals surface area (Å²) in [5.41, 5.74) is 2.78. The number of anilines is 1. The van der Waals surface area contributed by atoms with E-state index in [-0.39, 0.29) is 10.9 Å². The van der Waals surface area contributed by atoms with Gasteiger partial charge in [0.1, 0.15) is 19.8 Å². The third-order valence-electron chi connectivity index (χ3n) is 5.77. The number of benzene rings is 3. The van der Waals surface area contributed by atoms with E-state index in [0.29, 0.717) is 41.0 Å². The summed E-state index contributed by atoms with van der Waals surface area (Å²) in [6.07, 6.45) is 0. The highest BCUT2D eigenvalue weighted by Gasteiger charge is 2.29. The number of ether oxygens (including phenoxy) is 2. The summed E-state index contributed by atoms with van der Waals surface area (Å²) in [5.74, 6) is 0.833. The molecule has 0 saturated carbocycles. The van der Waals surface area contributed by atoms with Gasteiger partial charge in [0, 0.05) is 5.02 Å². The van der Waals surface area contributed by atoms with Crippen LogP contribution in [-0.2, 0) is 14.8 Å². The van der Waals surface area contributed by atoms with Gasteiger partial charge in [-0.3, -0.25) is 9.10 Å². The quantitative estimate of drug-likeness (QED) is 0.489. The van der Waals surface area contributed by atoms with Gasteiger partial charge in [0.25, 0.3) is 10.0 Å². The average Bonchev–Trinajstić information content (AvgIpc) is 2.83. The zero-order valence-corrected chi connectivity index (χ0v) is 21.3. The number of carbonyl (C=O) groups excluding carboxylic acids is 1. The summed E-state index contributed by atoms with van der Waals surface area (Å²) in [7, 11) is -4.02. The number of sulfonamides is 1. The Kier molecular flexibility index (Phi) is 7.23. The zero-order chi connectivity index (χ0) is 25.2. The Bertz CT molecular complexity index is 1340. The van der Waals surface area contributed by atoms with Crippen molar-refractivity contribution in [2.24, 2.45) is 0 Å². The van der Waals surface area contributed by atoms with Crippen molar-refractivity contribution in [3.05, 3.63) is 82.4 Å². The van der Waals surface area contributed by atoms with Crippen LogP contribution in [-0.4, -0.2) is 34.1 Å². The number of nitrogens with one attached hydrogen (secondary N) is 1. The van der Waals surface area contributed by atoms with Crippen LogP contribution < -0.4 is 19.1 Å². The second-order valence-electron chi connectivity index (χ2n) is 8.45. The number of aryl methyl sites for hydroxylation is 2. The zero-order valence-electron chi connectivity index (χ0n) is 19.7. The monoisotopic (exact) mass is 514 g/mol. The van der Waals surface area contributed by atoms with E-state index in [9.17, 15) is 13.2 Å². The van der Waals surface area contributed by atoms with E-state index in [4.69, 9.17) is 21.1 Å². The minimum atomic E-state index is -4.02. The maximum atomic E-state index is 13.6. The molecular weight excluding hydrogens is 488 g/mol. The number of nitrogens with zero attached hydrogens (tertiary/aromatic N) is 1. The van der Waals surface area contributed by atoms with Gasteiger partial charge < -0.3 is 14.8 Å². The molecule has 1 aliphatic rings. The van der Waals surface area contributed by atoms with Gasteiger partial charge in [-0.25, -0.2) is 8.42 Å². The molecule has 0 spiro atoms. The van der Waals surface area contributed by atoms with Gasteiger partial charge in [-0.1, -0.05) is 35.4 Å². The van der Waals surface area contributed by atoms with Crippen LogP contribution >= 0.6 is 11.6 Å². The van der Waals surface area contributed by atoms with Crippen molar-refractivity contribution in [2.75, 3.05) is 24.1 Å². The Balaban J connectivity index is 1.60. The molecule has 1 atom stereocenters. The van der Waals surface area contributed by atoms with Crippen LogP contribution in [0.2, 0.25) is 5.02 Å². The molecular formula is C26H27ClN2O5S. The van der Waals surface area contributed by atoms with Crippen LogP contribution in [0.15, 0.2) is 65.6 Å². The van der Waals surface area contributed by atoms with Crippen LogP contribution in [0, 0.1) is 13.8 Å². The maximum absolute atomic E-state index is 13.6. The Hall–Kier alpha value is -3.23. The minimum Gasteiger partial charge on any atom is -0.486 e. The molecule has 184 valence electrons. The van der Waals surface area contributed by atoms with Crippen LogP contribution in [0.5, 0.6) is 11.5 Å². The lowest BCUT2D eigenvalue weighted by Crippen LogP contribution is -2.42. The molecule has 35 heavy (non-hydrogen) atoms. The van der Waals surface area contributed by atoms with Crippen molar-refractivity contribution < 1.29 is 22.7 Å². The fourth-order valence-electron chi connectivity index (χ4n) is 3.87. The Morgan fingerprint density at radius 1 is 1.00 bits per heavy atom. The lowest BCUT2D eigenvalue weighted by molar-refractivity contribution is -0.120. The van der Waals surface area contributed by atoms with Crippen molar-refractivity contribution in [1.29, 1.82) is 0 Å². The third-order valence-corrected chi connectivity index (χ3v) is 7.78. The average molecular weight is 515 g/mol. The summed E-state index contributed by atoms with van der Waals surface area (Å²) in [6, 6.07) is 16.5. The van der Waals surface area contributed by atoms with E-state index in [1.165, 1.54) is 0 Å². The van der Waals surface area contributed by atoms with Gasteiger partial charge in [-0.2, -0.15) is 0 Å². The molecule has 0 fully saturated rings. The fourth-order valence-corrected chi connectivity index (χ4v) is 5.58. The molecule has 0 aromatic heterocycles. The van der Waals surface area contributed by atoms with E-state index < -0.39 is 22.5 Å². The van der Waals surface area contributed by atoms with Crippen LogP contribution in [0.1, 0.15) is 29.7 Å². The number of hydrogen-bond donors (Lipinski definition) is 1. The molecule has 1 N–H and O–H groups in total. The number of hydrogen-bond acceptors (Lipinski definition) is 5. The third kappa shape index (κ3) is 5.55. The topological polar surface area (TPSA) is 84.9 Å². The first-order chi connectivity index (χ1) is 16.6. The van der Waals surface area contributed by atoms with E-state index in [0.717, 1.165) is 15.4 Å². The van der Waals surface area contributed by atoms with Gasteiger partial charge in [0.15, 0.2) is 11.5 Å². The van der Waals surface area contributed by atoms with Gasteiger partial charge in [-0.15, -0.1) is 0 Å². The normalized spacial score (nSPS) is 13.7. The smallest absolute Gasteiger partial charge is 0.264 e. The number of fused-ring (bicyclic) bond motifs is 1. The van der Waals surface area contributed by atoms with Crippen LogP contribution in [0.25, 0.3) is 0 Å². The summed E-state index contributed by atoms with van der Waals surface area (Å²) in [6.45, 7) is 6.03. The second-order valence-corrected chi connectivity index (χ2v) is 10.7. The van der Waals surface area contributed by atoms with Crippen molar-refractivity contribution in [3.63, 3.8) is 0 Å². The second kappa shape index (κ2) is 10.2. The van der Waals surface area contributed by atoms with E-state index in [1.54, 1.807) is 55.5 Å². The first kappa shape index (κ1) is 24.9. The van der Waals surface area contributed by atoms with Crippen molar-refractivity contribution in [2.45, 2.75) is 31.7 Å². The summed E-state index contributed by atoms with van der Waals surface area (Å²) < 4.78 is 39.5. The number of rotatable bonds is 7. The predicted octanol–water partition coefficient (Wildman–Crippen LogP) is 4.80. The molecule has 0 unspecified atom stereocenters. The largest absolute Gasteiger partial charge is 0.486 e. The molecule has 7 nitrogen and oxygen atoms in total. The molecule has 3 aromatic rings. The standard InChI is InChI=1S/C26H27ClN2O5S/c1-17-4-8-22(9-5-17)35(31,32)29(23-10-7-21(27)14-18(23)2)16-26(30)28-19(3)20-6-11-24-25(15-20)34-13-12-33-24/h4-11,14-15,19H,12-13,16H2,1-3H3,(H,28,30)/t19-/m1/s1. The van der Waals surface area contributed by atoms with Crippen LogP contribution in [0.4, 0.5) is 5.69 Å². The van der Waals surface area contributed by atoms with Gasteiger partial charge in [-0.05, 0) is 74.4 Å². The number of amides is 1. The van der Waals surface area contributed by atoms with E-state index in [1.807, 2.05) is 26.0 Å². The Labute approximate surface area is 210 Å². The molecule has 0 radical (unpaired) electrons. The predicted molar refractivity (Wildman–Crippen MR) is 136 cm³/mol. The Morgan fingerprint density at radius 2 is 1.69 bits per heavy atom. The molecule has 9 heteroatoms. The van der Waals surface area contributed by atoms with Crippen LogP contribution in [0.3, 0.4) is 0 Å². The van der Waals surface area contributed by atoms with Crippen molar-refractivity contribution in [1.82, 2.24) is 5.32 Å². The van der Waals surface area contributed by atoms with Gasteiger partial charge in [0.2, 0.25) is 5.91 Å². The highest BCUT2D eigenvalue weighted by molar-refractivity contribution is 7.92. The summed E-state index contributed by atoms with van der Waals surface area (Å²) >= 11 is 6.10. The van der Waals surface area contributed by atoms with Crippen molar-refractivity contribution in [3.8, 4) is 11.5 Å². The molecule has 0 bridgehead atoms. The highest BCUT2D eigenvalue weighted by Crippen LogP contribution is 2.33. The summed E-state index contributed by atoms with van der Waals surface area (Å²) in [5, 5.41) is 3.38. The molecule has 1 heterocycles. The lowest BCUT2D eigenvalue weighted by Gasteiger charge is -2.27. The molecule has 1 amide bonds. The maximum Gasteiger partial charge on any atom is 0.264 e. The number of halogens is 1. The van der Waals surface area contributed by atoms with Gasteiger partial charge >= 0.3 is 0 Å².